The van der Waals surface area contributed by atoms with Crippen LogP contribution >= 0.6 is 11.6 Å². The highest BCUT2D eigenvalue weighted by atomic mass is 35.5. The van der Waals surface area contributed by atoms with E-state index in [4.69, 9.17) is 16.9 Å². The molecule has 0 aliphatic rings. The maximum Gasteiger partial charge on any atom is 0.417 e. The number of carbonyl (C=O) groups is 1. The van der Waals surface area contributed by atoms with E-state index >= 15 is 0 Å². The molecule has 0 spiro atoms. The van der Waals surface area contributed by atoms with Gasteiger partial charge >= 0.3 is 6.18 Å². The maximum atomic E-state index is 13.1. The van der Waals surface area contributed by atoms with Crippen LogP contribution in [-0.2, 0) is 12.7 Å². The number of carbonyl (C=O) groups excluding carboxylic acids is 1. The summed E-state index contributed by atoms with van der Waals surface area (Å²) in [5, 5.41) is 16.2. The molecule has 0 aliphatic carbocycles. The van der Waals surface area contributed by atoms with E-state index < -0.39 is 17.3 Å². The van der Waals surface area contributed by atoms with Crippen molar-refractivity contribution >= 4 is 17.5 Å². The maximum absolute atomic E-state index is 13.1. The molecule has 0 aliphatic heterocycles. The summed E-state index contributed by atoms with van der Waals surface area (Å²) in [4.78, 5) is 12.1. The second kappa shape index (κ2) is 7.74. The Labute approximate surface area is 163 Å². The second-order valence-corrected chi connectivity index (χ2v) is 6.22. The van der Waals surface area contributed by atoms with E-state index in [0.717, 1.165) is 12.1 Å². The summed E-state index contributed by atoms with van der Waals surface area (Å²) in [6, 6.07) is 12.8. The largest absolute Gasteiger partial charge is 0.417 e. The topological polar surface area (TPSA) is 70.7 Å². The molecule has 5 nitrogen and oxygen atoms in total. The van der Waals surface area contributed by atoms with Crippen LogP contribution in [0, 0.1) is 11.3 Å². The molecule has 3 rings (SSSR count). The number of hydrogen-bond acceptors (Lipinski definition) is 3. The predicted octanol–water partition coefficient (Wildman–Crippen LogP) is 4.35. The van der Waals surface area contributed by atoms with Gasteiger partial charge in [-0.25, -0.2) is 4.68 Å². The van der Waals surface area contributed by atoms with Crippen molar-refractivity contribution in [2.24, 2.45) is 0 Å². The molecule has 0 atom stereocenters. The number of halogens is 4. The minimum absolute atomic E-state index is 0.0941. The molecular weight excluding hydrogens is 393 g/mol. The van der Waals surface area contributed by atoms with Crippen molar-refractivity contribution in [1.82, 2.24) is 15.1 Å². The van der Waals surface area contributed by atoms with Crippen LogP contribution < -0.4 is 5.32 Å². The molecule has 9 heteroatoms. The monoisotopic (exact) mass is 404 g/mol. The van der Waals surface area contributed by atoms with Gasteiger partial charge in [0.05, 0.1) is 35.1 Å². The number of nitriles is 1. The van der Waals surface area contributed by atoms with E-state index in [1.165, 1.54) is 23.0 Å². The number of benzene rings is 2. The van der Waals surface area contributed by atoms with E-state index in [2.05, 4.69) is 10.4 Å². The normalized spacial score (nSPS) is 11.1. The summed E-state index contributed by atoms with van der Waals surface area (Å²) in [5.41, 5.74) is -0.452. The van der Waals surface area contributed by atoms with Gasteiger partial charge in [-0.15, -0.1) is 0 Å². The minimum Gasteiger partial charge on any atom is -0.346 e. The number of hydrogen-bond donors (Lipinski definition) is 1. The molecule has 1 amide bonds. The molecular formula is C19H12ClF3N4O. The fourth-order valence-electron chi connectivity index (χ4n) is 2.48. The third-order valence-electron chi connectivity index (χ3n) is 3.87. The van der Waals surface area contributed by atoms with Crippen LogP contribution in [0.4, 0.5) is 13.2 Å². The van der Waals surface area contributed by atoms with Crippen molar-refractivity contribution in [3.8, 4) is 11.8 Å². The Morgan fingerprint density at radius 3 is 2.54 bits per heavy atom. The average molecular weight is 405 g/mol. The lowest BCUT2D eigenvalue weighted by Crippen LogP contribution is -2.23. The molecule has 142 valence electrons. The lowest BCUT2D eigenvalue weighted by atomic mass is 10.1. The first-order valence-electron chi connectivity index (χ1n) is 7.98. The van der Waals surface area contributed by atoms with E-state index in [1.807, 2.05) is 0 Å². The van der Waals surface area contributed by atoms with Gasteiger partial charge < -0.3 is 5.32 Å². The average Bonchev–Trinajstić information content (AvgIpc) is 3.14. The molecule has 0 radical (unpaired) electrons. The quantitative estimate of drug-likeness (QED) is 0.703. The first-order chi connectivity index (χ1) is 13.3. The molecule has 0 unspecified atom stereocenters. The van der Waals surface area contributed by atoms with Crippen molar-refractivity contribution in [3.63, 3.8) is 0 Å². The van der Waals surface area contributed by atoms with Crippen molar-refractivity contribution in [1.29, 1.82) is 5.26 Å². The molecule has 1 aromatic heterocycles. The number of amides is 1. The van der Waals surface area contributed by atoms with Gasteiger partial charge in [-0.3, -0.25) is 4.79 Å². The predicted molar refractivity (Wildman–Crippen MR) is 95.9 cm³/mol. The summed E-state index contributed by atoms with van der Waals surface area (Å²) in [6.07, 6.45) is -3.17. The Balaban J connectivity index is 1.75. The molecule has 0 saturated heterocycles. The van der Waals surface area contributed by atoms with Crippen LogP contribution in [0.2, 0.25) is 5.02 Å². The Bertz CT molecular complexity index is 1050. The third kappa shape index (κ3) is 4.32. The van der Waals surface area contributed by atoms with E-state index in [-0.39, 0.29) is 18.1 Å². The van der Waals surface area contributed by atoms with Crippen LogP contribution in [0.25, 0.3) is 5.69 Å². The molecule has 1 heterocycles. The number of nitrogens with one attached hydrogen (secondary N) is 1. The second-order valence-electron chi connectivity index (χ2n) is 5.78. The lowest BCUT2D eigenvalue weighted by molar-refractivity contribution is -0.137. The van der Waals surface area contributed by atoms with Crippen LogP contribution in [0.1, 0.15) is 27.2 Å². The van der Waals surface area contributed by atoms with E-state index in [9.17, 15) is 18.0 Å². The zero-order chi connectivity index (χ0) is 20.3. The number of nitrogens with zero attached hydrogens (tertiary/aromatic N) is 3. The summed E-state index contributed by atoms with van der Waals surface area (Å²) >= 11 is 5.78. The van der Waals surface area contributed by atoms with Gasteiger partial charge in [-0.05, 0) is 48.5 Å². The third-order valence-corrected chi connectivity index (χ3v) is 4.13. The molecule has 0 saturated carbocycles. The Morgan fingerprint density at radius 1 is 1.18 bits per heavy atom. The number of rotatable bonds is 4. The van der Waals surface area contributed by atoms with Crippen molar-refractivity contribution in [2.45, 2.75) is 12.7 Å². The van der Waals surface area contributed by atoms with Gasteiger partial charge in [0, 0.05) is 16.8 Å². The number of alkyl halides is 3. The molecule has 0 bridgehead atoms. The first-order valence-corrected chi connectivity index (χ1v) is 8.36. The van der Waals surface area contributed by atoms with Crippen molar-refractivity contribution in [3.05, 3.63) is 82.1 Å². The van der Waals surface area contributed by atoms with Crippen LogP contribution in [0.3, 0.4) is 0 Å². The smallest absolute Gasteiger partial charge is 0.346 e. The van der Waals surface area contributed by atoms with Gasteiger partial charge in [0.1, 0.15) is 0 Å². The first kappa shape index (κ1) is 19.5. The highest BCUT2D eigenvalue weighted by molar-refractivity contribution is 6.30. The van der Waals surface area contributed by atoms with Gasteiger partial charge in [0.25, 0.3) is 5.91 Å². The molecule has 1 N–H and O–H groups in total. The highest BCUT2D eigenvalue weighted by Crippen LogP contribution is 2.33. The molecule has 0 fully saturated rings. The van der Waals surface area contributed by atoms with Crippen LogP contribution in [0.15, 0.2) is 54.7 Å². The summed E-state index contributed by atoms with van der Waals surface area (Å²) in [7, 11) is 0. The standard InChI is InChI=1S/C19H12ClF3N4O/c20-14-4-1-12(2-5-14)18(28)25-11-15-7-8-27(26-15)16-6-3-13(10-24)17(9-16)19(21,22)23/h1-9H,11H2,(H,25,28). The number of aromatic nitrogens is 2. The molecule has 3 aromatic rings. The van der Waals surface area contributed by atoms with Crippen molar-refractivity contribution < 1.29 is 18.0 Å². The van der Waals surface area contributed by atoms with Crippen LogP contribution in [0.5, 0.6) is 0 Å². The Hall–Kier alpha value is -3.31. The minimum atomic E-state index is -4.65. The SMILES string of the molecule is N#Cc1ccc(-n2ccc(CNC(=O)c3ccc(Cl)cc3)n2)cc1C(F)(F)F. The fourth-order valence-corrected chi connectivity index (χ4v) is 2.61. The van der Waals surface area contributed by atoms with Gasteiger partial charge in [-0.2, -0.15) is 23.5 Å². The van der Waals surface area contributed by atoms with Gasteiger partial charge in [-0.1, -0.05) is 11.6 Å². The molecule has 28 heavy (non-hydrogen) atoms. The molecule has 2 aromatic carbocycles. The Morgan fingerprint density at radius 2 is 1.89 bits per heavy atom. The fraction of sp³-hybridized carbons (Fsp3) is 0.105. The van der Waals surface area contributed by atoms with Crippen molar-refractivity contribution in [2.75, 3.05) is 0 Å². The lowest BCUT2D eigenvalue weighted by Gasteiger charge is -2.10. The zero-order valence-electron chi connectivity index (χ0n) is 14.2. The van der Waals surface area contributed by atoms with E-state index in [1.54, 1.807) is 30.3 Å². The zero-order valence-corrected chi connectivity index (χ0v) is 14.9. The van der Waals surface area contributed by atoms with Gasteiger partial charge in [0.2, 0.25) is 0 Å². The summed E-state index contributed by atoms with van der Waals surface area (Å²) < 4.78 is 40.5. The Kier molecular flexibility index (Phi) is 5.38. The van der Waals surface area contributed by atoms with E-state index in [0.29, 0.717) is 16.3 Å². The summed E-state index contributed by atoms with van der Waals surface area (Å²) in [6.45, 7) is 0.0941. The summed E-state index contributed by atoms with van der Waals surface area (Å²) in [5.74, 6) is -0.330. The van der Waals surface area contributed by atoms with Gasteiger partial charge in [0.15, 0.2) is 0 Å². The van der Waals surface area contributed by atoms with Crippen LogP contribution in [-0.4, -0.2) is 15.7 Å². The highest BCUT2D eigenvalue weighted by Gasteiger charge is 2.34.